The Kier molecular flexibility index (Phi) is 5.19. The van der Waals surface area contributed by atoms with Crippen LogP contribution in [0.2, 0.25) is 0 Å². The van der Waals surface area contributed by atoms with Crippen molar-refractivity contribution in [2.45, 2.75) is 26.9 Å². The van der Waals surface area contributed by atoms with Crippen molar-refractivity contribution in [3.05, 3.63) is 93.7 Å². The first-order valence-corrected chi connectivity index (χ1v) is 10.7. The normalized spacial score (nSPS) is 16.3. The highest BCUT2D eigenvalue weighted by atomic mass is 16.5. The van der Waals surface area contributed by atoms with Crippen LogP contribution < -0.4 is 14.2 Å². The molecule has 0 spiro atoms. The summed E-state index contributed by atoms with van der Waals surface area (Å²) < 4.78 is 17.5. The van der Waals surface area contributed by atoms with Gasteiger partial charge in [-0.15, -0.1) is 0 Å². The monoisotopic (exact) mass is 427 g/mol. The number of rotatable bonds is 4. The Hall–Kier alpha value is -3.57. The predicted molar refractivity (Wildman–Crippen MR) is 123 cm³/mol. The van der Waals surface area contributed by atoms with Gasteiger partial charge in [0.2, 0.25) is 5.78 Å². The van der Waals surface area contributed by atoms with Gasteiger partial charge in [-0.2, -0.15) is 0 Å². The van der Waals surface area contributed by atoms with Gasteiger partial charge in [0.15, 0.2) is 5.76 Å². The number of methoxy groups -OCH3 is 1. The molecule has 0 amide bonds. The van der Waals surface area contributed by atoms with Crippen molar-refractivity contribution in [3.63, 3.8) is 0 Å². The van der Waals surface area contributed by atoms with Crippen molar-refractivity contribution in [2.75, 3.05) is 13.8 Å². The summed E-state index contributed by atoms with van der Waals surface area (Å²) in [5, 5.41) is 0. The summed E-state index contributed by atoms with van der Waals surface area (Å²) in [6.07, 6.45) is 1.82. The van der Waals surface area contributed by atoms with E-state index in [0.717, 1.165) is 40.3 Å². The van der Waals surface area contributed by atoms with E-state index in [1.165, 1.54) is 5.56 Å². The molecule has 5 nitrogen and oxygen atoms in total. The van der Waals surface area contributed by atoms with Crippen LogP contribution in [0.1, 0.15) is 38.2 Å². The van der Waals surface area contributed by atoms with E-state index in [1.807, 2.05) is 62.4 Å². The largest absolute Gasteiger partial charge is 0.497 e. The van der Waals surface area contributed by atoms with E-state index in [2.05, 4.69) is 17.0 Å². The highest BCUT2D eigenvalue weighted by Gasteiger charge is 2.35. The molecule has 0 saturated heterocycles. The van der Waals surface area contributed by atoms with Crippen LogP contribution in [0, 0.1) is 13.8 Å². The SMILES string of the molecule is COc1ccc(CN2COc3cc(C)c4c(c3C2)O/C(=C\c2cccc(C)c2)C4=O)cc1. The molecule has 2 aliphatic heterocycles. The summed E-state index contributed by atoms with van der Waals surface area (Å²) in [7, 11) is 1.66. The number of benzene rings is 3. The standard InChI is InChI=1S/C27H25NO4/c1-17-5-4-6-20(11-17)13-24-26(29)25-18(2)12-23-22(27(25)32-24)15-28(16-31-23)14-19-7-9-21(30-3)10-8-19/h4-13H,14-16H2,1-3H3/b24-13-. The second-order valence-electron chi connectivity index (χ2n) is 8.34. The lowest BCUT2D eigenvalue weighted by molar-refractivity contribution is 0.0872. The van der Waals surface area contributed by atoms with E-state index in [1.54, 1.807) is 7.11 Å². The Labute approximate surface area is 187 Å². The number of allylic oxidation sites excluding steroid dienone is 1. The molecule has 5 rings (SSSR count). The van der Waals surface area contributed by atoms with E-state index >= 15 is 0 Å². The van der Waals surface area contributed by atoms with Gasteiger partial charge >= 0.3 is 0 Å². The molecule has 5 heteroatoms. The molecule has 0 aromatic heterocycles. The lowest BCUT2D eigenvalue weighted by Crippen LogP contribution is -2.31. The lowest BCUT2D eigenvalue weighted by atomic mass is 9.98. The fourth-order valence-electron chi connectivity index (χ4n) is 4.28. The van der Waals surface area contributed by atoms with Gasteiger partial charge in [0.05, 0.1) is 18.2 Å². The van der Waals surface area contributed by atoms with E-state index in [-0.39, 0.29) is 5.78 Å². The minimum absolute atomic E-state index is 0.0749. The molecule has 2 heterocycles. The van der Waals surface area contributed by atoms with E-state index in [0.29, 0.717) is 30.3 Å². The van der Waals surface area contributed by atoms with Gasteiger partial charge in [0.25, 0.3) is 0 Å². The summed E-state index contributed by atoms with van der Waals surface area (Å²) >= 11 is 0. The second kappa shape index (κ2) is 8.17. The van der Waals surface area contributed by atoms with Gasteiger partial charge in [0.1, 0.15) is 24.0 Å². The topological polar surface area (TPSA) is 48.0 Å². The second-order valence-corrected chi connectivity index (χ2v) is 8.34. The molecule has 2 aliphatic rings. The molecule has 162 valence electrons. The number of ether oxygens (including phenoxy) is 3. The quantitative estimate of drug-likeness (QED) is 0.530. The van der Waals surface area contributed by atoms with Crippen molar-refractivity contribution in [2.24, 2.45) is 0 Å². The number of hydrogen-bond donors (Lipinski definition) is 0. The first-order valence-electron chi connectivity index (χ1n) is 10.7. The van der Waals surface area contributed by atoms with Crippen molar-refractivity contribution in [3.8, 4) is 17.2 Å². The Bertz CT molecular complexity index is 1230. The lowest BCUT2D eigenvalue weighted by Gasteiger charge is -2.30. The van der Waals surface area contributed by atoms with Crippen LogP contribution >= 0.6 is 0 Å². The summed E-state index contributed by atoms with van der Waals surface area (Å²) in [4.78, 5) is 15.4. The van der Waals surface area contributed by atoms with Crippen LogP contribution in [-0.4, -0.2) is 24.5 Å². The zero-order chi connectivity index (χ0) is 22.2. The number of ketones is 1. The van der Waals surface area contributed by atoms with E-state index < -0.39 is 0 Å². The Balaban J connectivity index is 1.43. The number of hydrogen-bond acceptors (Lipinski definition) is 5. The van der Waals surface area contributed by atoms with Gasteiger partial charge in [-0.1, -0.05) is 42.0 Å². The number of fused-ring (bicyclic) bond motifs is 3. The molecule has 3 aromatic rings. The number of aryl methyl sites for hydroxylation is 2. The number of carbonyl (C=O) groups excluding carboxylic acids is 1. The fourth-order valence-corrected chi connectivity index (χ4v) is 4.28. The summed E-state index contributed by atoms with van der Waals surface area (Å²) in [5.41, 5.74) is 5.69. The first kappa shape index (κ1) is 20.3. The first-order chi connectivity index (χ1) is 15.5. The number of carbonyl (C=O) groups is 1. The molecule has 0 saturated carbocycles. The van der Waals surface area contributed by atoms with Crippen molar-refractivity contribution >= 4 is 11.9 Å². The molecule has 0 bridgehead atoms. The average molecular weight is 428 g/mol. The third-order valence-corrected chi connectivity index (χ3v) is 5.89. The molecule has 32 heavy (non-hydrogen) atoms. The van der Waals surface area contributed by atoms with Gasteiger partial charge in [-0.3, -0.25) is 9.69 Å². The molecule has 3 aromatic carbocycles. The minimum Gasteiger partial charge on any atom is -0.497 e. The highest BCUT2D eigenvalue weighted by Crippen LogP contribution is 2.44. The Morgan fingerprint density at radius 2 is 1.91 bits per heavy atom. The summed E-state index contributed by atoms with van der Waals surface area (Å²) in [5.74, 6) is 2.53. The Morgan fingerprint density at radius 3 is 2.66 bits per heavy atom. The number of Topliss-reactive ketones (excluding diaryl/α,β-unsaturated/α-hetero) is 1. The molecule has 0 unspecified atom stereocenters. The van der Waals surface area contributed by atoms with E-state index in [9.17, 15) is 4.79 Å². The molecule has 0 atom stereocenters. The molecular weight excluding hydrogens is 402 g/mol. The third kappa shape index (κ3) is 3.76. The van der Waals surface area contributed by atoms with Crippen molar-refractivity contribution < 1.29 is 19.0 Å². The molecule has 0 radical (unpaired) electrons. The number of nitrogens with zero attached hydrogens (tertiary/aromatic N) is 1. The maximum absolute atomic E-state index is 13.2. The molecule has 0 fully saturated rings. The fraction of sp³-hybridized carbons (Fsp3) is 0.222. The van der Waals surface area contributed by atoms with Gasteiger partial charge in [0, 0.05) is 13.1 Å². The van der Waals surface area contributed by atoms with Gasteiger partial charge < -0.3 is 14.2 Å². The zero-order valence-corrected chi connectivity index (χ0v) is 18.5. The van der Waals surface area contributed by atoms with Crippen LogP contribution in [0.4, 0.5) is 0 Å². The maximum atomic E-state index is 13.2. The summed E-state index contributed by atoms with van der Waals surface area (Å²) in [6, 6.07) is 18.0. The Morgan fingerprint density at radius 1 is 1.09 bits per heavy atom. The highest BCUT2D eigenvalue weighted by molar-refractivity contribution is 6.15. The predicted octanol–water partition coefficient (Wildman–Crippen LogP) is 5.28. The van der Waals surface area contributed by atoms with Crippen molar-refractivity contribution in [1.82, 2.24) is 4.90 Å². The van der Waals surface area contributed by atoms with Gasteiger partial charge in [-0.25, -0.2) is 0 Å². The molecule has 0 N–H and O–H groups in total. The van der Waals surface area contributed by atoms with Crippen LogP contribution in [0.15, 0.2) is 60.4 Å². The maximum Gasteiger partial charge on any atom is 0.232 e. The van der Waals surface area contributed by atoms with Crippen LogP contribution in [0.25, 0.3) is 6.08 Å². The van der Waals surface area contributed by atoms with Gasteiger partial charge in [-0.05, 0) is 54.8 Å². The zero-order valence-electron chi connectivity index (χ0n) is 18.5. The molecular formula is C27H25NO4. The van der Waals surface area contributed by atoms with E-state index in [4.69, 9.17) is 14.2 Å². The minimum atomic E-state index is -0.0749. The van der Waals surface area contributed by atoms with Crippen LogP contribution in [-0.2, 0) is 13.1 Å². The average Bonchev–Trinajstić information content (AvgIpc) is 3.12. The molecule has 0 aliphatic carbocycles. The third-order valence-electron chi connectivity index (χ3n) is 5.89. The van der Waals surface area contributed by atoms with Crippen LogP contribution in [0.5, 0.6) is 17.2 Å². The smallest absolute Gasteiger partial charge is 0.232 e. The van der Waals surface area contributed by atoms with Crippen LogP contribution in [0.3, 0.4) is 0 Å². The summed E-state index contributed by atoms with van der Waals surface area (Å²) in [6.45, 7) is 5.82. The van der Waals surface area contributed by atoms with Crippen molar-refractivity contribution in [1.29, 1.82) is 0 Å².